The number of nitrogens with zero attached hydrogens (tertiary/aromatic N) is 1. The summed E-state index contributed by atoms with van der Waals surface area (Å²) in [6, 6.07) is 10.4. The Kier molecular flexibility index (Phi) is 5.27. The van der Waals surface area contributed by atoms with E-state index in [9.17, 15) is 18.4 Å². The number of benzene rings is 2. The molecule has 1 saturated heterocycles. The van der Waals surface area contributed by atoms with Crippen molar-refractivity contribution in [1.29, 1.82) is 0 Å². The van der Waals surface area contributed by atoms with Gasteiger partial charge in [-0.05, 0) is 36.1 Å². The van der Waals surface area contributed by atoms with E-state index < -0.39 is 29.4 Å². The maximum Gasteiger partial charge on any atom is 0.237 e. The van der Waals surface area contributed by atoms with Crippen molar-refractivity contribution in [2.45, 2.75) is 10.8 Å². The second-order valence-electron chi connectivity index (χ2n) is 6.20. The van der Waals surface area contributed by atoms with Crippen molar-refractivity contribution in [3.05, 3.63) is 59.7 Å². The van der Waals surface area contributed by atoms with Crippen LogP contribution in [0, 0.1) is 17.6 Å². The summed E-state index contributed by atoms with van der Waals surface area (Å²) in [5, 5.41) is 2.79. The summed E-state index contributed by atoms with van der Waals surface area (Å²) in [5.41, 5.74) is 0.912. The number of amides is 2. The van der Waals surface area contributed by atoms with Crippen molar-refractivity contribution in [3.63, 3.8) is 0 Å². The predicted octanol–water partition coefficient (Wildman–Crippen LogP) is 3.50. The third kappa shape index (κ3) is 3.58. The zero-order valence-corrected chi connectivity index (χ0v) is 15.1. The lowest BCUT2D eigenvalue weighted by Gasteiger charge is -2.18. The number of hydrogen-bond acceptors (Lipinski definition) is 3. The standard InChI is InChI=1S/C19H18F2N2O2S/c1-23-10-14(11-7-12(20)9-13(21)8-11)17(19(23)25)18(24)22-15-5-3-4-6-16(15)26-2/h3-9,14,17H,10H2,1-2H3,(H,22,24)/t14-,17+/m1/s1. The molecule has 7 heteroatoms. The molecule has 1 N–H and O–H groups in total. The number of likely N-dealkylation sites (N-methyl/N-ethyl adjacent to an activating group) is 1. The van der Waals surface area contributed by atoms with Gasteiger partial charge in [-0.2, -0.15) is 0 Å². The molecule has 0 saturated carbocycles. The molecule has 0 spiro atoms. The van der Waals surface area contributed by atoms with Gasteiger partial charge in [0.25, 0.3) is 0 Å². The third-order valence-corrected chi connectivity index (χ3v) is 5.27. The Balaban J connectivity index is 1.92. The lowest BCUT2D eigenvalue weighted by atomic mass is 9.87. The van der Waals surface area contributed by atoms with Crippen LogP contribution in [0.4, 0.5) is 14.5 Å². The van der Waals surface area contributed by atoms with E-state index >= 15 is 0 Å². The number of halogens is 2. The number of carbonyl (C=O) groups excluding carboxylic acids is 2. The lowest BCUT2D eigenvalue weighted by Crippen LogP contribution is -2.32. The van der Waals surface area contributed by atoms with Crippen LogP contribution in [0.1, 0.15) is 11.5 Å². The van der Waals surface area contributed by atoms with E-state index in [1.807, 2.05) is 18.4 Å². The lowest BCUT2D eigenvalue weighted by molar-refractivity contribution is -0.135. The van der Waals surface area contributed by atoms with Gasteiger partial charge in [-0.1, -0.05) is 12.1 Å². The second-order valence-corrected chi connectivity index (χ2v) is 7.04. The highest BCUT2D eigenvalue weighted by atomic mass is 32.2. The van der Waals surface area contributed by atoms with E-state index in [0.29, 0.717) is 11.3 Å². The van der Waals surface area contributed by atoms with E-state index in [2.05, 4.69) is 5.32 Å². The number of para-hydroxylation sites is 1. The van der Waals surface area contributed by atoms with E-state index in [1.165, 1.54) is 28.8 Å². The first-order chi connectivity index (χ1) is 12.4. The average molecular weight is 376 g/mol. The van der Waals surface area contributed by atoms with Gasteiger partial charge in [-0.15, -0.1) is 11.8 Å². The highest BCUT2D eigenvalue weighted by Crippen LogP contribution is 2.35. The third-order valence-electron chi connectivity index (χ3n) is 4.48. The highest BCUT2D eigenvalue weighted by Gasteiger charge is 2.44. The van der Waals surface area contributed by atoms with Crippen LogP contribution in [0.3, 0.4) is 0 Å². The fraction of sp³-hybridized carbons (Fsp3) is 0.263. The van der Waals surface area contributed by atoms with Gasteiger partial charge in [0.1, 0.15) is 17.6 Å². The smallest absolute Gasteiger partial charge is 0.237 e. The molecule has 1 aliphatic rings. The number of rotatable bonds is 4. The van der Waals surface area contributed by atoms with Gasteiger partial charge in [-0.25, -0.2) is 8.78 Å². The molecule has 1 heterocycles. The molecule has 2 aromatic carbocycles. The summed E-state index contributed by atoms with van der Waals surface area (Å²) in [4.78, 5) is 27.6. The zero-order valence-electron chi connectivity index (χ0n) is 14.3. The number of carbonyl (C=O) groups is 2. The summed E-state index contributed by atoms with van der Waals surface area (Å²) < 4.78 is 27.2. The summed E-state index contributed by atoms with van der Waals surface area (Å²) in [6.07, 6.45) is 1.89. The molecule has 0 aliphatic carbocycles. The number of hydrogen-bond donors (Lipinski definition) is 1. The van der Waals surface area contributed by atoms with Gasteiger partial charge >= 0.3 is 0 Å². The monoisotopic (exact) mass is 376 g/mol. The molecule has 2 amide bonds. The molecule has 136 valence electrons. The normalized spacial score (nSPS) is 19.7. The Hall–Kier alpha value is -2.41. The van der Waals surface area contributed by atoms with E-state index in [4.69, 9.17) is 0 Å². The van der Waals surface area contributed by atoms with Crippen LogP contribution in [0.15, 0.2) is 47.4 Å². The Morgan fingerprint density at radius 1 is 1.19 bits per heavy atom. The van der Waals surface area contributed by atoms with E-state index in [0.717, 1.165) is 11.0 Å². The molecule has 0 radical (unpaired) electrons. The van der Waals surface area contributed by atoms with Gasteiger partial charge in [0, 0.05) is 30.5 Å². The van der Waals surface area contributed by atoms with Gasteiger partial charge in [0.05, 0.1) is 5.69 Å². The van der Waals surface area contributed by atoms with Crippen LogP contribution in [-0.2, 0) is 9.59 Å². The molecular formula is C19H18F2N2O2S. The fourth-order valence-corrected chi connectivity index (χ4v) is 3.79. The minimum atomic E-state index is -1.03. The molecule has 26 heavy (non-hydrogen) atoms. The van der Waals surface area contributed by atoms with Crippen molar-refractivity contribution in [3.8, 4) is 0 Å². The maximum absolute atomic E-state index is 13.6. The van der Waals surface area contributed by atoms with Crippen LogP contribution in [0.2, 0.25) is 0 Å². The second kappa shape index (κ2) is 7.45. The maximum atomic E-state index is 13.6. The average Bonchev–Trinajstić information content (AvgIpc) is 2.90. The van der Waals surface area contributed by atoms with Crippen LogP contribution in [0.25, 0.3) is 0 Å². The molecular weight excluding hydrogens is 358 g/mol. The summed E-state index contributed by atoms with van der Waals surface area (Å²) in [7, 11) is 1.58. The first kappa shape index (κ1) is 18.4. The van der Waals surface area contributed by atoms with Gasteiger partial charge in [0.2, 0.25) is 11.8 Å². The largest absolute Gasteiger partial charge is 0.344 e. The number of thioether (sulfide) groups is 1. The molecule has 1 fully saturated rings. The number of nitrogens with one attached hydrogen (secondary N) is 1. The van der Waals surface area contributed by atoms with Crippen LogP contribution in [0.5, 0.6) is 0 Å². The van der Waals surface area contributed by atoms with Crippen molar-refractivity contribution in [2.75, 3.05) is 25.2 Å². The first-order valence-electron chi connectivity index (χ1n) is 8.05. The molecule has 4 nitrogen and oxygen atoms in total. The first-order valence-corrected chi connectivity index (χ1v) is 9.28. The van der Waals surface area contributed by atoms with Crippen molar-refractivity contribution >= 4 is 29.3 Å². The van der Waals surface area contributed by atoms with Crippen molar-refractivity contribution in [1.82, 2.24) is 4.90 Å². The van der Waals surface area contributed by atoms with Gasteiger partial charge in [-0.3, -0.25) is 9.59 Å². The molecule has 2 aromatic rings. The zero-order chi connectivity index (χ0) is 18.8. The van der Waals surface area contributed by atoms with Crippen LogP contribution in [-0.4, -0.2) is 36.6 Å². The Bertz CT molecular complexity index is 839. The summed E-state index contributed by atoms with van der Waals surface area (Å²) >= 11 is 1.47. The Morgan fingerprint density at radius 2 is 1.85 bits per heavy atom. The molecule has 0 bridgehead atoms. The quantitative estimate of drug-likeness (QED) is 0.656. The number of anilines is 1. The minimum absolute atomic E-state index is 0.226. The van der Waals surface area contributed by atoms with E-state index in [-0.39, 0.29) is 12.5 Å². The van der Waals surface area contributed by atoms with Crippen molar-refractivity contribution in [2.24, 2.45) is 5.92 Å². The van der Waals surface area contributed by atoms with E-state index in [1.54, 1.807) is 19.2 Å². The fourth-order valence-electron chi connectivity index (χ4n) is 3.24. The van der Waals surface area contributed by atoms with Crippen LogP contribution < -0.4 is 5.32 Å². The Morgan fingerprint density at radius 3 is 2.50 bits per heavy atom. The van der Waals surface area contributed by atoms with Crippen LogP contribution >= 0.6 is 11.8 Å². The molecule has 0 aromatic heterocycles. The molecule has 0 unspecified atom stereocenters. The Labute approximate surface area is 154 Å². The van der Waals surface area contributed by atoms with Crippen molar-refractivity contribution < 1.29 is 18.4 Å². The molecule has 1 aliphatic heterocycles. The highest BCUT2D eigenvalue weighted by molar-refractivity contribution is 7.98. The van der Waals surface area contributed by atoms with Gasteiger partial charge < -0.3 is 10.2 Å². The summed E-state index contributed by atoms with van der Waals surface area (Å²) in [6.45, 7) is 0.226. The van der Waals surface area contributed by atoms with Gasteiger partial charge in [0.15, 0.2) is 0 Å². The predicted molar refractivity (Wildman–Crippen MR) is 97.1 cm³/mol. The summed E-state index contributed by atoms with van der Waals surface area (Å²) in [5.74, 6) is -3.94. The SMILES string of the molecule is CSc1ccccc1NC(=O)[C@H]1C(=O)N(C)C[C@@H]1c1cc(F)cc(F)c1. The molecule has 2 atom stereocenters. The molecule has 3 rings (SSSR count). The number of likely N-dealkylation sites (tertiary alicyclic amines) is 1. The topological polar surface area (TPSA) is 49.4 Å². The minimum Gasteiger partial charge on any atom is -0.344 e.